The first-order valence-electron chi connectivity index (χ1n) is 6.56. The summed E-state index contributed by atoms with van der Waals surface area (Å²) in [6.07, 6.45) is 0. The van der Waals surface area contributed by atoms with E-state index in [1.165, 1.54) is 26.2 Å². The number of hydrogen-bond acceptors (Lipinski definition) is 3. The SMILES string of the molecule is Cc1ccc(NCCN2CCN(C)CC2)cc1Cl. The molecule has 18 heavy (non-hydrogen) atoms. The molecule has 1 N–H and O–H groups in total. The standard InChI is InChI=1S/C14H22ClN3/c1-12-3-4-13(11-14(12)15)16-5-6-18-9-7-17(2)8-10-18/h3-4,11,16H,5-10H2,1-2H3. The third-order valence-corrected chi connectivity index (χ3v) is 3.93. The molecule has 1 aliphatic heterocycles. The van der Waals surface area contributed by atoms with E-state index in [4.69, 9.17) is 11.6 Å². The Labute approximate surface area is 115 Å². The molecule has 1 aromatic carbocycles. The zero-order chi connectivity index (χ0) is 13.0. The Balaban J connectivity index is 1.73. The van der Waals surface area contributed by atoms with Crippen LogP contribution in [-0.2, 0) is 0 Å². The molecular formula is C14H22ClN3. The molecule has 0 unspecified atom stereocenters. The van der Waals surface area contributed by atoms with Gasteiger partial charge in [0, 0.05) is 50.0 Å². The minimum absolute atomic E-state index is 0.833. The van der Waals surface area contributed by atoms with E-state index in [1.54, 1.807) is 0 Å². The molecule has 0 aliphatic carbocycles. The second kappa shape index (κ2) is 6.41. The number of rotatable bonds is 4. The van der Waals surface area contributed by atoms with Crippen molar-refractivity contribution in [3.63, 3.8) is 0 Å². The van der Waals surface area contributed by atoms with Crippen LogP contribution < -0.4 is 5.32 Å². The highest BCUT2D eigenvalue weighted by molar-refractivity contribution is 6.31. The number of anilines is 1. The summed E-state index contributed by atoms with van der Waals surface area (Å²) >= 11 is 6.10. The van der Waals surface area contributed by atoms with E-state index in [0.29, 0.717) is 0 Å². The van der Waals surface area contributed by atoms with Gasteiger partial charge in [-0.3, -0.25) is 4.90 Å². The first-order chi connectivity index (χ1) is 8.65. The average Bonchev–Trinajstić information content (AvgIpc) is 2.36. The summed E-state index contributed by atoms with van der Waals surface area (Å²) in [7, 11) is 2.18. The van der Waals surface area contributed by atoms with Crippen molar-refractivity contribution in [1.29, 1.82) is 0 Å². The van der Waals surface area contributed by atoms with Crippen LogP contribution in [-0.4, -0.2) is 56.1 Å². The van der Waals surface area contributed by atoms with Crippen molar-refractivity contribution < 1.29 is 0 Å². The molecule has 0 aromatic heterocycles. The molecule has 0 spiro atoms. The number of hydrogen-bond donors (Lipinski definition) is 1. The highest BCUT2D eigenvalue weighted by atomic mass is 35.5. The van der Waals surface area contributed by atoms with Gasteiger partial charge in [0.2, 0.25) is 0 Å². The van der Waals surface area contributed by atoms with Crippen molar-refractivity contribution in [2.24, 2.45) is 0 Å². The van der Waals surface area contributed by atoms with Crippen LogP contribution in [0.25, 0.3) is 0 Å². The van der Waals surface area contributed by atoms with Gasteiger partial charge in [-0.1, -0.05) is 17.7 Å². The predicted molar refractivity (Wildman–Crippen MR) is 78.6 cm³/mol. The molecule has 0 radical (unpaired) electrons. The molecule has 0 saturated carbocycles. The topological polar surface area (TPSA) is 18.5 Å². The molecule has 0 atom stereocenters. The smallest absolute Gasteiger partial charge is 0.0455 e. The van der Waals surface area contributed by atoms with Gasteiger partial charge in [0.25, 0.3) is 0 Å². The van der Waals surface area contributed by atoms with Crippen LogP contribution in [0.3, 0.4) is 0 Å². The van der Waals surface area contributed by atoms with E-state index in [-0.39, 0.29) is 0 Å². The summed E-state index contributed by atoms with van der Waals surface area (Å²) in [4.78, 5) is 4.88. The van der Waals surface area contributed by atoms with E-state index < -0.39 is 0 Å². The monoisotopic (exact) mass is 267 g/mol. The van der Waals surface area contributed by atoms with E-state index in [1.807, 2.05) is 13.0 Å². The lowest BCUT2D eigenvalue weighted by molar-refractivity contribution is 0.158. The Bertz CT molecular complexity index is 387. The third kappa shape index (κ3) is 3.87. The Hall–Kier alpha value is -0.770. The molecule has 1 heterocycles. The van der Waals surface area contributed by atoms with Crippen molar-refractivity contribution in [2.75, 3.05) is 51.6 Å². The fraction of sp³-hybridized carbons (Fsp3) is 0.571. The van der Waals surface area contributed by atoms with Crippen LogP contribution in [0.5, 0.6) is 0 Å². The molecule has 1 aliphatic rings. The van der Waals surface area contributed by atoms with Crippen LogP contribution >= 0.6 is 11.6 Å². The molecule has 2 rings (SSSR count). The largest absolute Gasteiger partial charge is 0.384 e. The van der Waals surface area contributed by atoms with Gasteiger partial charge in [0.15, 0.2) is 0 Å². The van der Waals surface area contributed by atoms with Crippen molar-refractivity contribution in [3.05, 3.63) is 28.8 Å². The summed E-state index contributed by atoms with van der Waals surface area (Å²) in [5.41, 5.74) is 2.24. The maximum absolute atomic E-state index is 6.10. The second-order valence-corrected chi connectivity index (χ2v) is 5.44. The van der Waals surface area contributed by atoms with Crippen LogP contribution in [0.4, 0.5) is 5.69 Å². The van der Waals surface area contributed by atoms with Gasteiger partial charge in [-0.15, -0.1) is 0 Å². The van der Waals surface area contributed by atoms with E-state index in [0.717, 1.165) is 29.4 Å². The normalized spacial score (nSPS) is 17.9. The average molecular weight is 268 g/mol. The molecule has 0 amide bonds. The quantitative estimate of drug-likeness (QED) is 0.903. The minimum atomic E-state index is 0.833. The number of likely N-dealkylation sites (N-methyl/N-ethyl adjacent to an activating group) is 1. The lowest BCUT2D eigenvalue weighted by Gasteiger charge is -2.32. The Kier molecular flexibility index (Phi) is 4.87. The molecule has 1 saturated heterocycles. The van der Waals surface area contributed by atoms with Gasteiger partial charge in [-0.05, 0) is 31.7 Å². The highest BCUT2D eigenvalue weighted by Gasteiger charge is 2.12. The Morgan fingerprint density at radius 2 is 1.94 bits per heavy atom. The lowest BCUT2D eigenvalue weighted by atomic mass is 10.2. The van der Waals surface area contributed by atoms with Crippen molar-refractivity contribution >= 4 is 17.3 Å². The van der Waals surface area contributed by atoms with Crippen LogP contribution in [0.15, 0.2) is 18.2 Å². The summed E-state index contributed by atoms with van der Waals surface area (Å²) < 4.78 is 0. The molecule has 3 nitrogen and oxygen atoms in total. The maximum atomic E-state index is 6.10. The number of nitrogens with one attached hydrogen (secondary N) is 1. The van der Waals surface area contributed by atoms with Gasteiger partial charge in [0.1, 0.15) is 0 Å². The Morgan fingerprint density at radius 1 is 1.22 bits per heavy atom. The summed E-state index contributed by atoms with van der Waals surface area (Å²) in [5, 5.41) is 4.26. The number of piperazine rings is 1. The predicted octanol–water partition coefficient (Wildman–Crippen LogP) is 2.31. The van der Waals surface area contributed by atoms with Crippen LogP contribution in [0.1, 0.15) is 5.56 Å². The summed E-state index contributed by atoms with van der Waals surface area (Å²) in [5.74, 6) is 0. The fourth-order valence-corrected chi connectivity index (χ4v) is 2.31. The van der Waals surface area contributed by atoms with Crippen molar-refractivity contribution in [1.82, 2.24) is 9.80 Å². The number of halogens is 1. The van der Waals surface area contributed by atoms with E-state index >= 15 is 0 Å². The number of nitrogens with zero attached hydrogens (tertiary/aromatic N) is 2. The first-order valence-corrected chi connectivity index (χ1v) is 6.94. The van der Waals surface area contributed by atoms with Crippen LogP contribution in [0, 0.1) is 6.92 Å². The van der Waals surface area contributed by atoms with Gasteiger partial charge in [-0.25, -0.2) is 0 Å². The van der Waals surface area contributed by atoms with E-state index in [2.05, 4.69) is 34.3 Å². The highest BCUT2D eigenvalue weighted by Crippen LogP contribution is 2.19. The zero-order valence-electron chi connectivity index (χ0n) is 11.2. The number of benzene rings is 1. The maximum Gasteiger partial charge on any atom is 0.0455 e. The summed E-state index contributed by atoms with van der Waals surface area (Å²) in [6.45, 7) is 8.80. The van der Waals surface area contributed by atoms with Crippen LogP contribution in [0.2, 0.25) is 5.02 Å². The Morgan fingerprint density at radius 3 is 2.61 bits per heavy atom. The van der Waals surface area contributed by atoms with Gasteiger partial charge < -0.3 is 10.2 Å². The number of aryl methyl sites for hydroxylation is 1. The lowest BCUT2D eigenvalue weighted by Crippen LogP contribution is -2.45. The zero-order valence-corrected chi connectivity index (χ0v) is 12.0. The van der Waals surface area contributed by atoms with E-state index in [9.17, 15) is 0 Å². The molecule has 0 bridgehead atoms. The van der Waals surface area contributed by atoms with Gasteiger partial charge >= 0.3 is 0 Å². The third-order valence-electron chi connectivity index (χ3n) is 3.52. The second-order valence-electron chi connectivity index (χ2n) is 5.04. The van der Waals surface area contributed by atoms with Gasteiger partial charge in [0.05, 0.1) is 0 Å². The molecular weight excluding hydrogens is 246 g/mol. The van der Waals surface area contributed by atoms with Crippen molar-refractivity contribution in [3.8, 4) is 0 Å². The molecule has 1 fully saturated rings. The summed E-state index contributed by atoms with van der Waals surface area (Å²) in [6, 6.07) is 6.15. The molecule has 1 aromatic rings. The molecule has 4 heteroatoms. The fourth-order valence-electron chi connectivity index (χ4n) is 2.13. The van der Waals surface area contributed by atoms with Gasteiger partial charge in [-0.2, -0.15) is 0 Å². The first kappa shape index (κ1) is 13.7. The molecule has 100 valence electrons. The van der Waals surface area contributed by atoms with Crippen molar-refractivity contribution in [2.45, 2.75) is 6.92 Å². The minimum Gasteiger partial charge on any atom is -0.384 e.